The zero-order chi connectivity index (χ0) is 18.5. The number of thiophene rings is 1. The summed E-state index contributed by atoms with van der Waals surface area (Å²) in [7, 11) is 0. The third kappa shape index (κ3) is 4.27. The molecule has 1 amide bonds. The van der Waals surface area contributed by atoms with E-state index in [2.05, 4.69) is 16.1 Å². The number of amides is 1. The van der Waals surface area contributed by atoms with Crippen molar-refractivity contribution < 1.29 is 18.3 Å². The molecule has 26 heavy (non-hydrogen) atoms. The minimum atomic E-state index is -2.87. The lowest BCUT2D eigenvalue weighted by molar-refractivity contribution is -0.111. The summed E-state index contributed by atoms with van der Waals surface area (Å²) in [5, 5.41) is 12.8. The molecule has 0 fully saturated rings. The van der Waals surface area contributed by atoms with Crippen LogP contribution in [-0.2, 0) is 17.6 Å². The van der Waals surface area contributed by atoms with Crippen molar-refractivity contribution >= 4 is 28.3 Å². The maximum atomic E-state index is 12.2. The van der Waals surface area contributed by atoms with Crippen molar-refractivity contribution in [1.82, 2.24) is 0 Å². The molecule has 2 aromatic rings. The van der Waals surface area contributed by atoms with Gasteiger partial charge in [0.2, 0.25) is 5.91 Å². The van der Waals surface area contributed by atoms with Gasteiger partial charge in [-0.2, -0.15) is 14.0 Å². The minimum Gasteiger partial charge on any atom is -0.435 e. The first kappa shape index (κ1) is 18.1. The van der Waals surface area contributed by atoms with Gasteiger partial charge in [0, 0.05) is 11.0 Å². The lowest BCUT2D eigenvalue weighted by Gasteiger charge is -2.09. The van der Waals surface area contributed by atoms with Crippen LogP contribution in [0.5, 0.6) is 5.75 Å². The molecular formula is C19H16F2N2O2S. The van der Waals surface area contributed by atoms with Crippen molar-refractivity contribution in [3.63, 3.8) is 0 Å². The first-order valence-corrected chi connectivity index (χ1v) is 8.97. The maximum absolute atomic E-state index is 12.2. The minimum absolute atomic E-state index is 0.0597. The van der Waals surface area contributed by atoms with Crippen molar-refractivity contribution in [2.45, 2.75) is 32.3 Å². The number of fused-ring (bicyclic) bond motifs is 1. The summed E-state index contributed by atoms with van der Waals surface area (Å²) in [5.74, 6) is -0.280. The molecule has 134 valence electrons. The highest BCUT2D eigenvalue weighted by Gasteiger charge is 2.21. The Labute approximate surface area is 153 Å². The Morgan fingerprint density at radius 1 is 1.27 bits per heavy atom. The SMILES string of the molecule is N#Cc1c(NC(=O)C=Cc2ccc(OC(F)F)cc2)sc2c1CCCC2. The van der Waals surface area contributed by atoms with Crippen LogP contribution < -0.4 is 10.1 Å². The van der Waals surface area contributed by atoms with Crippen LogP contribution in [0.15, 0.2) is 30.3 Å². The molecule has 1 aliphatic carbocycles. The molecule has 0 saturated carbocycles. The lowest BCUT2D eigenvalue weighted by atomic mass is 9.96. The highest BCUT2D eigenvalue weighted by Crippen LogP contribution is 2.37. The highest BCUT2D eigenvalue weighted by molar-refractivity contribution is 7.16. The van der Waals surface area contributed by atoms with Crippen molar-refractivity contribution in [2.75, 3.05) is 5.32 Å². The molecule has 7 heteroatoms. The Morgan fingerprint density at radius 2 is 2.00 bits per heavy atom. The number of halogens is 2. The third-order valence-corrected chi connectivity index (χ3v) is 5.26. The molecule has 1 aromatic carbocycles. The molecule has 0 atom stereocenters. The molecule has 0 aliphatic heterocycles. The summed E-state index contributed by atoms with van der Waals surface area (Å²) in [6.07, 6.45) is 6.93. The van der Waals surface area contributed by atoms with Crippen LogP contribution >= 0.6 is 11.3 Å². The molecule has 4 nitrogen and oxygen atoms in total. The first-order valence-electron chi connectivity index (χ1n) is 8.15. The Bertz CT molecular complexity index is 867. The zero-order valence-electron chi connectivity index (χ0n) is 13.8. The van der Waals surface area contributed by atoms with Crippen LogP contribution in [0.3, 0.4) is 0 Å². The quantitative estimate of drug-likeness (QED) is 0.768. The number of aryl methyl sites for hydroxylation is 1. The molecule has 1 N–H and O–H groups in total. The van der Waals surface area contributed by atoms with E-state index in [9.17, 15) is 18.8 Å². The molecule has 0 unspecified atom stereocenters. The number of rotatable bonds is 5. The highest BCUT2D eigenvalue weighted by atomic mass is 32.1. The van der Waals surface area contributed by atoms with Gasteiger partial charge in [-0.25, -0.2) is 0 Å². The number of carbonyl (C=O) groups excluding carboxylic acids is 1. The summed E-state index contributed by atoms with van der Waals surface area (Å²) in [6.45, 7) is -2.87. The van der Waals surface area contributed by atoms with E-state index in [4.69, 9.17) is 0 Å². The van der Waals surface area contributed by atoms with Gasteiger partial charge in [-0.05, 0) is 55.0 Å². The number of anilines is 1. The fraction of sp³-hybridized carbons (Fsp3) is 0.263. The van der Waals surface area contributed by atoms with Gasteiger partial charge < -0.3 is 10.1 Å². The zero-order valence-corrected chi connectivity index (χ0v) is 14.6. The second kappa shape index (κ2) is 8.11. The number of carbonyl (C=O) groups is 1. The van der Waals surface area contributed by atoms with Crippen molar-refractivity contribution in [1.29, 1.82) is 5.26 Å². The average Bonchev–Trinajstić information content (AvgIpc) is 2.97. The van der Waals surface area contributed by atoms with E-state index in [0.29, 0.717) is 16.1 Å². The van der Waals surface area contributed by atoms with Crippen molar-refractivity contribution in [3.05, 3.63) is 51.9 Å². The largest absolute Gasteiger partial charge is 0.435 e. The smallest absolute Gasteiger partial charge is 0.387 e. The standard InChI is InChI=1S/C19H16F2N2O2S/c20-19(21)25-13-8-5-12(6-9-13)7-10-17(24)23-18-15(11-22)14-3-1-2-4-16(14)26-18/h5-10,19H,1-4H2,(H,23,24). The van der Waals surface area contributed by atoms with E-state index in [1.165, 1.54) is 34.4 Å². The number of nitriles is 1. The number of ether oxygens (including phenoxy) is 1. The predicted molar refractivity (Wildman–Crippen MR) is 96.4 cm³/mol. The maximum Gasteiger partial charge on any atom is 0.387 e. The number of hydrogen-bond donors (Lipinski definition) is 1. The van der Waals surface area contributed by atoms with Crippen molar-refractivity contribution in [2.24, 2.45) is 0 Å². The Hall–Kier alpha value is -2.72. The summed E-state index contributed by atoms with van der Waals surface area (Å²) in [4.78, 5) is 13.3. The van der Waals surface area contributed by atoms with E-state index in [0.717, 1.165) is 31.2 Å². The van der Waals surface area contributed by atoms with Gasteiger partial charge in [0.05, 0.1) is 5.56 Å². The van der Waals surface area contributed by atoms with E-state index >= 15 is 0 Å². The van der Waals surface area contributed by atoms with E-state index in [1.807, 2.05) is 0 Å². The molecular weight excluding hydrogens is 358 g/mol. The Morgan fingerprint density at radius 3 is 2.69 bits per heavy atom. The average molecular weight is 374 g/mol. The van der Waals surface area contributed by atoms with Crippen LogP contribution in [-0.4, -0.2) is 12.5 Å². The van der Waals surface area contributed by atoms with Gasteiger partial charge in [0.15, 0.2) is 0 Å². The second-order valence-electron chi connectivity index (χ2n) is 5.80. The number of alkyl halides is 2. The molecule has 3 rings (SSSR count). The fourth-order valence-corrected chi connectivity index (χ4v) is 4.10. The summed E-state index contributed by atoms with van der Waals surface area (Å²) in [5.41, 5.74) is 2.31. The summed E-state index contributed by atoms with van der Waals surface area (Å²) in [6, 6.07) is 8.17. The van der Waals surface area contributed by atoms with E-state index < -0.39 is 6.61 Å². The van der Waals surface area contributed by atoms with Crippen LogP contribution in [0, 0.1) is 11.3 Å². The number of nitrogens with one attached hydrogen (secondary N) is 1. The number of benzene rings is 1. The monoisotopic (exact) mass is 374 g/mol. The number of nitrogens with zero attached hydrogens (tertiary/aromatic N) is 1. The molecule has 1 aliphatic rings. The number of hydrogen-bond acceptors (Lipinski definition) is 4. The van der Waals surface area contributed by atoms with Crippen LogP contribution in [0.4, 0.5) is 13.8 Å². The van der Waals surface area contributed by atoms with Crippen molar-refractivity contribution in [3.8, 4) is 11.8 Å². The third-order valence-electron chi connectivity index (χ3n) is 4.05. The Kier molecular flexibility index (Phi) is 5.64. The predicted octanol–water partition coefficient (Wildman–Crippen LogP) is 4.75. The van der Waals surface area contributed by atoms with Crippen LogP contribution in [0.25, 0.3) is 6.08 Å². The van der Waals surface area contributed by atoms with Gasteiger partial charge in [-0.15, -0.1) is 11.3 Å². The molecule has 0 radical (unpaired) electrons. The van der Waals surface area contributed by atoms with Gasteiger partial charge in [0.25, 0.3) is 0 Å². The van der Waals surface area contributed by atoms with Crippen LogP contribution in [0.2, 0.25) is 0 Å². The van der Waals surface area contributed by atoms with Gasteiger partial charge >= 0.3 is 6.61 Å². The topological polar surface area (TPSA) is 62.1 Å². The summed E-state index contributed by atoms with van der Waals surface area (Å²) < 4.78 is 28.5. The van der Waals surface area contributed by atoms with Gasteiger partial charge in [0.1, 0.15) is 16.8 Å². The molecule has 0 spiro atoms. The normalized spacial score (nSPS) is 13.5. The van der Waals surface area contributed by atoms with Crippen LogP contribution in [0.1, 0.15) is 34.4 Å². The molecule has 1 heterocycles. The molecule has 0 saturated heterocycles. The Balaban J connectivity index is 1.66. The van der Waals surface area contributed by atoms with E-state index in [-0.39, 0.29) is 11.7 Å². The van der Waals surface area contributed by atoms with E-state index in [1.54, 1.807) is 18.2 Å². The lowest BCUT2D eigenvalue weighted by Crippen LogP contribution is -2.07. The molecule has 1 aromatic heterocycles. The van der Waals surface area contributed by atoms with Gasteiger partial charge in [-0.3, -0.25) is 4.79 Å². The second-order valence-corrected chi connectivity index (χ2v) is 6.90. The summed E-state index contributed by atoms with van der Waals surface area (Å²) >= 11 is 1.47. The molecule has 0 bridgehead atoms. The van der Waals surface area contributed by atoms with Gasteiger partial charge in [-0.1, -0.05) is 12.1 Å². The first-order chi connectivity index (χ1) is 12.6. The fourth-order valence-electron chi connectivity index (χ4n) is 2.86.